The van der Waals surface area contributed by atoms with Crippen molar-refractivity contribution in [2.75, 3.05) is 0 Å². The predicted molar refractivity (Wildman–Crippen MR) is 54.3 cm³/mol. The molecule has 0 unspecified atom stereocenters. The molecule has 0 atom stereocenters. The lowest BCUT2D eigenvalue weighted by Gasteiger charge is -1.97. The van der Waals surface area contributed by atoms with E-state index in [0.717, 1.165) is 16.5 Å². The van der Waals surface area contributed by atoms with Crippen LogP contribution in [0.4, 0.5) is 0 Å². The van der Waals surface area contributed by atoms with Gasteiger partial charge in [-0.05, 0) is 24.6 Å². The fourth-order valence-corrected chi connectivity index (χ4v) is 1.84. The lowest BCUT2D eigenvalue weighted by molar-refractivity contribution is 0.481. The van der Waals surface area contributed by atoms with E-state index in [0.29, 0.717) is 5.15 Å². The Morgan fingerprint density at radius 2 is 2.08 bits per heavy atom. The van der Waals surface area contributed by atoms with Gasteiger partial charge in [0.05, 0.1) is 5.52 Å². The van der Waals surface area contributed by atoms with Gasteiger partial charge >= 0.3 is 0 Å². The van der Waals surface area contributed by atoms with Crippen LogP contribution in [-0.2, 0) is 7.05 Å². The summed E-state index contributed by atoms with van der Waals surface area (Å²) in [4.78, 5) is 0. The van der Waals surface area contributed by atoms with Crippen LogP contribution in [0.3, 0.4) is 0 Å². The van der Waals surface area contributed by atoms with E-state index in [1.165, 1.54) is 0 Å². The van der Waals surface area contributed by atoms with Crippen molar-refractivity contribution in [3.63, 3.8) is 0 Å². The average molecular weight is 196 g/mol. The van der Waals surface area contributed by atoms with E-state index in [-0.39, 0.29) is 5.75 Å². The first kappa shape index (κ1) is 8.45. The van der Waals surface area contributed by atoms with E-state index < -0.39 is 0 Å². The highest BCUT2D eigenvalue weighted by molar-refractivity contribution is 6.32. The second-order valence-corrected chi connectivity index (χ2v) is 3.50. The van der Waals surface area contributed by atoms with Crippen LogP contribution in [0.2, 0.25) is 5.15 Å². The van der Waals surface area contributed by atoms with Gasteiger partial charge in [0.25, 0.3) is 0 Å². The van der Waals surface area contributed by atoms with Gasteiger partial charge in [-0.2, -0.15) is 0 Å². The van der Waals surface area contributed by atoms with Crippen LogP contribution in [0.25, 0.3) is 10.9 Å². The minimum atomic E-state index is 0.289. The zero-order valence-corrected chi connectivity index (χ0v) is 8.26. The van der Waals surface area contributed by atoms with Crippen LogP contribution >= 0.6 is 11.6 Å². The SMILES string of the molecule is Cc1c(Cl)n(C)c2cccc(O)c12. The number of benzene rings is 1. The van der Waals surface area contributed by atoms with Gasteiger partial charge in [0.1, 0.15) is 10.9 Å². The molecule has 0 amide bonds. The average Bonchev–Trinajstić information content (AvgIpc) is 2.33. The maximum Gasteiger partial charge on any atom is 0.125 e. The molecule has 68 valence electrons. The Kier molecular flexibility index (Phi) is 1.74. The van der Waals surface area contributed by atoms with Gasteiger partial charge < -0.3 is 9.67 Å². The minimum Gasteiger partial charge on any atom is -0.507 e. The van der Waals surface area contributed by atoms with Crippen molar-refractivity contribution in [1.29, 1.82) is 0 Å². The summed E-state index contributed by atoms with van der Waals surface area (Å²) in [6.07, 6.45) is 0. The third kappa shape index (κ3) is 1.02. The third-order valence-corrected chi connectivity index (χ3v) is 2.90. The molecule has 13 heavy (non-hydrogen) atoms. The first-order chi connectivity index (χ1) is 6.13. The lowest BCUT2D eigenvalue weighted by atomic mass is 10.2. The van der Waals surface area contributed by atoms with Crippen molar-refractivity contribution in [3.05, 3.63) is 28.9 Å². The van der Waals surface area contributed by atoms with Gasteiger partial charge in [0.15, 0.2) is 0 Å². The molecule has 0 saturated carbocycles. The third-order valence-electron chi connectivity index (χ3n) is 2.36. The number of phenolic OH excluding ortho intramolecular Hbond substituents is 1. The van der Waals surface area contributed by atoms with E-state index in [4.69, 9.17) is 11.6 Å². The summed E-state index contributed by atoms with van der Waals surface area (Å²) in [6.45, 7) is 1.91. The van der Waals surface area contributed by atoms with Crippen LogP contribution < -0.4 is 0 Å². The van der Waals surface area contributed by atoms with Crippen molar-refractivity contribution >= 4 is 22.5 Å². The molecule has 0 radical (unpaired) electrons. The molecular weight excluding hydrogens is 186 g/mol. The van der Waals surface area contributed by atoms with Gasteiger partial charge in [0, 0.05) is 12.4 Å². The molecule has 0 aliphatic rings. The number of fused-ring (bicyclic) bond motifs is 1. The molecule has 0 spiro atoms. The van der Waals surface area contributed by atoms with Crippen molar-refractivity contribution in [1.82, 2.24) is 4.57 Å². The Bertz CT molecular complexity index is 473. The van der Waals surface area contributed by atoms with Crippen LogP contribution in [0.15, 0.2) is 18.2 Å². The molecule has 0 aliphatic carbocycles. The summed E-state index contributed by atoms with van der Waals surface area (Å²) in [7, 11) is 1.89. The largest absolute Gasteiger partial charge is 0.507 e. The molecule has 0 saturated heterocycles. The molecule has 2 rings (SSSR count). The Balaban J connectivity index is 3.03. The molecule has 1 aromatic carbocycles. The highest BCUT2D eigenvalue weighted by Crippen LogP contribution is 2.33. The number of aryl methyl sites for hydroxylation is 2. The number of hydrogen-bond donors (Lipinski definition) is 1. The van der Waals surface area contributed by atoms with Crippen molar-refractivity contribution < 1.29 is 5.11 Å². The molecule has 3 heteroatoms. The fourth-order valence-electron chi connectivity index (χ4n) is 1.65. The van der Waals surface area contributed by atoms with E-state index >= 15 is 0 Å². The second kappa shape index (κ2) is 2.67. The van der Waals surface area contributed by atoms with Crippen LogP contribution in [0.5, 0.6) is 5.75 Å². The number of phenols is 1. The zero-order valence-electron chi connectivity index (χ0n) is 7.50. The highest BCUT2D eigenvalue weighted by Gasteiger charge is 2.11. The Morgan fingerprint density at radius 3 is 2.69 bits per heavy atom. The van der Waals surface area contributed by atoms with Crippen molar-refractivity contribution in [2.24, 2.45) is 7.05 Å². The molecule has 0 aliphatic heterocycles. The maximum atomic E-state index is 9.62. The number of halogens is 1. The Morgan fingerprint density at radius 1 is 1.38 bits per heavy atom. The molecule has 1 N–H and O–H groups in total. The molecule has 2 nitrogen and oxygen atoms in total. The summed E-state index contributed by atoms with van der Waals surface area (Å²) >= 11 is 6.04. The molecule has 0 fully saturated rings. The maximum absolute atomic E-state index is 9.62. The minimum absolute atomic E-state index is 0.289. The van der Waals surface area contributed by atoms with E-state index in [1.54, 1.807) is 6.07 Å². The van der Waals surface area contributed by atoms with Crippen LogP contribution in [-0.4, -0.2) is 9.67 Å². The first-order valence-electron chi connectivity index (χ1n) is 4.05. The molecule has 0 bridgehead atoms. The first-order valence-corrected chi connectivity index (χ1v) is 4.43. The van der Waals surface area contributed by atoms with Crippen LogP contribution in [0.1, 0.15) is 5.56 Å². The van der Waals surface area contributed by atoms with Gasteiger partial charge in [-0.25, -0.2) is 0 Å². The molecule has 1 aromatic heterocycles. The Hall–Kier alpha value is -1.15. The van der Waals surface area contributed by atoms with Crippen molar-refractivity contribution in [3.8, 4) is 5.75 Å². The fraction of sp³-hybridized carbons (Fsp3) is 0.200. The summed E-state index contributed by atoms with van der Waals surface area (Å²) in [5.41, 5.74) is 1.89. The lowest BCUT2D eigenvalue weighted by Crippen LogP contribution is -1.85. The summed E-state index contributed by atoms with van der Waals surface area (Å²) < 4.78 is 1.87. The highest BCUT2D eigenvalue weighted by atomic mass is 35.5. The van der Waals surface area contributed by atoms with Gasteiger partial charge in [0.2, 0.25) is 0 Å². The number of aromatic nitrogens is 1. The number of rotatable bonds is 0. The normalized spacial score (nSPS) is 11.0. The molecule has 1 heterocycles. The smallest absolute Gasteiger partial charge is 0.125 e. The number of nitrogens with zero attached hydrogens (tertiary/aromatic N) is 1. The summed E-state index contributed by atoms with van der Waals surface area (Å²) in [5.74, 6) is 0.289. The summed E-state index contributed by atoms with van der Waals surface area (Å²) in [6, 6.07) is 5.42. The van der Waals surface area contributed by atoms with E-state index in [1.807, 2.05) is 30.7 Å². The monoisotopic (exact) mass is 195 g/mol. The second-order valence-electron chi connectivity index (χ2n) is 3.15. The van der Waals surface area contributed by atoms with Crippen molar-refractivity contribution in [2.45, 2.75) is 6.92 Å². The number of aromatic hydroxyl groups is 1. The van der Waals surface area contributed by atoms with Gasteiger partial charge in [-0.1, -0.05) is 17.7 Å². The topological polar surface area (TPSA) is 25.2 Å². The predicted octanol–water partition coefficient (Wildman–Crippen LogP) is 2.85. The van der Waals surface area contributed by atoms with E-state index in [2.05, 4.69) is 0 Å². The standard InChI is InChI=1S/C10H10ClNO/c1-6-9-7(12(2)10(6)11)4-3-5-8(9)13/h3-5,13H,1-2H3. The molecule has 2 aromatic rings. The Labute approximate surface area is 81.4 Å². The van der Waals surface area contributed by atoms with E-state index in [9.17, 15) is 5.11 Å². The van der Waals surface area contributed by atoms with Gasteiger partial charge in [-0.15, -0.1) is 0 Å². The molecular formula is C10H10ClNO. The number of hydrogen-bond acceptors (Lipinski definition) is 1. The zero-order chi connectivity index (χ0) is 9.59. The summed E-state index contributed by atoms with van der Waals surface area (Å²) in [5, 5.41) is 11.1. The quantitative estimate of drug-likeness (QED) is 0.687. The van der Waals surface area contributed by atoms with Gasteiger partial charge in [-0.3, -0.25) is 0 Å². The van der Waals surface area contributed by atoms with Crippen LogP contribution in [0, 0.1) is 6.92 Å².